The van der Waals surface area contributed by atoms with Crippen molar-refractivity contribution >= 4 is 48.7 Å². The minimum atomic E-state index is -3.75. The molecule has 1 aromatic heterocycles. The minimum absolute atomic E-state index is 0.0818. The number of sulfonamides is 1. The fourth-order valence-corrected chi connectivity index (χ4v) is 5.86. The molecule has 34 heavy (non-hydrogen) atoms. The van der Waals surface area contributed by atoms with E-state index in [1.165, 1.54) is 44.8 Å². The summed E-state index contributed by atoms with van der Waals surface area (Å²) in [5.74, 6) is 0.219. The van der Waals surface area contributed by atoms with E-state index in [0.717, 1.165) is 4.70 Å². The van der Waals surface area contributed by atoms with Crippen LogP contribution in [0, 0.1) is 0 Å². The van der Waals surface area contributed by atoms with Crippen LogP contribution in [-0.4, -0.2) is 74.5 Å². The Balaban J connectivity index is 1.42. The summed E-state index contributed by atoms with van der Waals surface area (Å²) in [7, 11) is -2.19. The van der Waals surface area contributed by atoms with E-state index in [2.05, 4.69) is 10.3 Å². The van der Waals surface area contributed by atoms with Gasteiger partial charge in [0.1, 0.15) is 11.3 Å². The van der Waals surface area contributed by atoms with Crippen LogP contribution in [0.2, 0.25) is 0 Å². The molecule has 0 saturated carbocycles. The summed E-state index contributed by atoms with van der Waals surface area (Å²) in [6.45, 7) is 2.84. The molecule has 0 aliphatic carbocycles. The second-order valence-corrected chi connectivity index (χ2v) is 10.4. The van der Waals surface area contributed by atoms with Gasteiger partial charge < -0.3 is 14.4 Å². The molecule has 0 radical (unpaired) electrons. The van der Waals surface area contributed by atoms with Crippen LogP contribution in [0.1, 0.15) is 17.3 Å². The predicted octanol–water partition coefficient (Wildman–Crippen LogP) is 3.02. The maximum absolute atomic E-state index is 13.0. The second kappa shape index (κ2) is 9.95. The number of hydrogen-bond donors (Lipinski definition) is 1. The Morgan fingerprint density at radius 3 is 2.44 bits per heavy atom. The lowest BCUT2D eigenvalue weighted by Gasteiger charge is -2.33. The van der Waals surface area contributed by atoms with Gasteiger partial charge in [0.25, 0.3) is 5.91 Å². The Labute approximate surface area is 201 Å². The van der Waals surface area contributed by atoms with Gasteiger partial charge in [-0.25, -0.2) is 18.2 Å². The Bertz CT molecular complexity index is 1300. The fraction of sp³-hybridized carbons (Fsp3) is 0.318. The third kappa shape index (κ3) is 4.83. The Hall–Kier alpha value is -3.22. The third-order valence-electron chi connectivity index (χ3n) is 5.34. The van der Waals surface area contributed by atoms with Crippen molar-refractivity contribution in [3.63, 3.8) is 0 Å². The lowest BCUT2D eigenvalue weighted by Crippen LogP contribution is -2.50. The molecule has 2 amide bonds. The molecule has 1 fully saturated rings. The second-order valence-electron chi connectivity index (χ2n) is 7.39. The van der Waals surface area contributed by atoms with Crippen LogP contribution in [0.4, 0.5) is 9.93 Å². The van der Waals surface area contributed by atoms with Gasteiger partial charge in [-0.2, -0.15) is 4.31 Å². The summed E-state index contributed by atoms with van der Waals surface area (Å²) >= 11 is 1.32. The molecule has 3 aromatic rings. The number of carbonyl (C=O) groups excluding carboxylic acids is 2. The van der Waals surface area contributed by atoms with Crippen LogP contribution in [0.3, 0.4) is 0 Å². The highest BCUT2D eigenvalue weighted by atomic mass is 32.2. The fourth-order valence-electron chi connectivity index (χ4n) is 3.56. The van der Waals surface area contributed by atoms with Crippen molar-refractivity contribution in [3.05, 3.63) is 48.0 Å². The first kappa shape index (κ1) is 23.9. The number of nitrogens with zero attached hydrogens (tertiary/aromatic N) is 3. The summed E-state index contributed by atoms with van der Waals surface area (Å²) < 4.78 is 38.4. The molecule has 0 bridgehead atoms. The van der Waals surface area contributed by atoms with Crippen LogP contribution < -0.4 is 10.1 Å². The molecule has 1 aliphatic rings. The number of nitrogens with one attached hydrogen (secondary N) is 1. The molecule has 2 aromatic carbocycles. The number of ether oxygens (including phenoxy) is 2. The molecule has 10 nitrogen and oxygen atoms in total. The number of rotatable bonds is 6. The zero-order valence-corrected chi connectivity index (χ0v) is 20.3. The van der Waals surface area contributed by atoms with Crippen molar-refractivity contribution in [1.29, 1.82) is 0 Å². The number of fused-ring (bicyclic) bond motifs is 1. The standard InChI is InChI=1S/C22H24N4O6S2/c1-3-32-22(28)25-11-13-26(14-12-25)34(29,30)16-9-7-15(8-10-16)20(27)24-21-23-19-17(31-2)5-4-6-18(19)33-21/h4-10H,3,11-14H2,1-2H3,(H,23,24,27). The molecular formula is C22H24N4O6S2. The van der Waals surface area contributed by atoms with Crippen molar-refractivity contribution in [2.45, 2.75) is 11.8 Å². The molecule has 4 rings (SSSR count). The predicted molar refractivity (Wildman–Crippen MR) is 128 cm³/mol. The number of aromatic nitrogens is 1. The first-order chi connectivity index (χ1) is 16.3. The van der Waals surface area contributed by atoms with E-state index < -0.39 is 22.0 Å². The van der Waals surface area contributed by atoms with E-state index in [1.54, 1.807) is 20.1 Å². The molecule has 0 unspecified atom stereocenters. The quantitative estimate of drug-likeness (QED) is 0.548. The average molecular weight is 505 g/mol. The Morgan fingerprint density at radius 1 is 1.09 bits per heavy atom. The zero-order chi connectivity index (χ0) is 24.3. The normalized spacial score (nSPS) is 14.7. The number of hydrogen-bond acceptors (Lipinski definition) is 8. The van der Waals surface area contributed by atoms with Crippen molar-refractivity contribution < 1.29 is 27.5 Å². The maximum atomic E-state index is 13.0. The van der Waals surface area contributed by atoms with E-state index in [-0.39, 0.29) is 37.7 Å². The summed E-state index contributed by atoms with van der Waals surface area (Å²) in [5.41, 5.74) is 0.965. The number of amides is 2. The summed E-state index contributed by atoms with van der Waals surface area (Å²) in [5, 5.41) is 3.17. The van der Waals surface area contributed by atoms with Crippen molar-refractivity contribution in [1.82, 2.24) is 14.2 Å². The SMILES string of the molecule is CCOC(=O)N1CCN(S(=O)(=O)c2ccc(C(=O)Nc3nc4c(OC)cccc4s3)cc2)CC1. The van der Waals surface area contributed by atoms with Gasteiger partial charge in [-0.15, -0.1) is 0 Å². The van der Waals surface area contributed by atoms with Gasteiger partial charge in [-0.3, -0.25) is 10.1 Å². The molecule has 12 heteroatoms. The summed E-state index contributed by atoms with van der Waals surface area (Å²) in [6.07, 6.45) is -0.443. The highest BCUT2D eigenvalue weighted by Gasteiger charge is 2.30. The first-order valence-electron chi connectivity index (χ1n) is 10.6. The van der Waals surface area contributed by atoms with Crippen LogP contribution in [-0.2, 0) is 14.8 Å². The summed E-state index contributed by atoms with van der Waals surface area (Å²) in [4.78, 5) is 30.5. The van der Waals surface area contributed by atoms with Crippen molar-refractivity contribution in [2.24, 2.45) is 0 Å². The Kier molecular flexibility index (Phi) is 7.00. The molecule has 1 aliphatic heterocycles. The molecule has 0 spiro atoms. The monoisotopic (exact) mass is 504 g/mol. The molecule has 0 atom stereocenters. The number of piperazine rings is 1. The highest BCUT2D eigenvalue weighted by Crippen LogP contribution is 2.32. The number of anilines is 1. The van der Waals surface area contributed by atoms with E-state index in [4.69, 9.17) is 9.47 Å². The van der Waals surface area contributed by atoms with E-state index in [9.17, 15) is 18.0 Å². The van der Waals surface area contributed by atoms with Gasteiger partial charge in [0, 0.05) is 31.7 Å². The number of benzene rings is 2. The van der Waals surface area contributed by atoms with Crippen LogP contribution in [0.15, 0.2) is 47.4 Å². The van der Waals surface area contributed by atoms with E-state index in [0.29, 0.717) is 22.0 Å². The molecule has 1 saturated heterocycles. The zero-order valence-electron chi connectivity index (χ0n) is 18.7. The largest absolute Gasteiger partial charge is 0.494 e. The van der Waals surface area contributed by atoms with Crippen LogP contribution in [0.25, 0.3) is 10.2 Å². The van der Waals surface area contributed by atoms with E-state index in [1.807, 2.05) is 12.1 Å². The average Bonchev–Trinajstić information content (AvgIpc) is 3.27. The highest BCUT2D eigenvalue weighted by molar-refractivity contribution is 7.89. The van der Waals surface area contributed by atoms with Gasteiger partial charge >= 0.3 is 6.09 Å². The van der Waals surface area contributed by atoms with E-state index >= 15 is 0 Å². The number of methoxy groups -OCH3 is 1. The van der Waals surface area contributed by atoms with Crippen LogP contribution >= 0.6 is 11.3 Å². The molecular weight excluding hydrogens is 480 g/mol. The minimum Gasteiger partial charge on any atom is -0.494 e. The maximum Gasteiger partial charge on any atom is 0.409 e. The Morgan fingerprint density at radius 2 is 1.79 bits per heavy atom. The van der Waals surface area contributed by atoms with Crippen LogP contribution in [0.5, 0.6) is 5.75 Å². The van der Waals surface area contributed by atoms with Gasteiger partial charge in [0.15, 0.2) is 5.13 Å². The lowest BCUT2D eigenvalue weighted by atomic mass is 10.2. The number of carbonyl (C=O) groups is 2. The van der Waals surface area contributed by atoms with Gasteiger partial charge in [0.2, 0.25) is 10.0 Å². The topological polar surface area (TPSA) is 118 Å². The van der Waals surface area contributed by atoms with Crippen molar-refractivity contribution in [2.75, 3.05) is 45.2 Å². The third-order valence-corrected chi connectivity index (χ3v) is 8.19. The van der Waals surface area contributed by atoms with Crippen molar-refractivity contribution in [3.8, 4) is 5.75 Å². The molecule has 2 heterocycles. The smallest absolute Gasteiger partial charge is 0.409 e. The lowest BCUT2D eigenvalue weighted by molar-refractivity contribution is 0.0933. The summed E-state index contributed by atoms with van der Waals surface area (Å²) in [6, 6.07) is 11.3. The van der Waals surface area contributed by atoms with Gasteiger partial charge in [-0.05, 0) is 43.3 Å². The molecule has 1 N–H and O–H groups in total. The first-order valence-corrected chi connectivity index (χ1v) is 12.9. The number of para-hydroxylation sites is 1. The van der Waals surface area contributed by atoms with Gasteiger partial charge in [-0.1, -0.05) is 17.4 Å². The van der Waals surface area contributed by atoms with Gasteiger partial charge in [0.05, 0.1) is 23.3 Å². The molecule has 180 valence electrons. The number of thiazole rings is 1.